The first-order chi connectivity index (χ1) is 24.3. The van der Waals surface area contributed by atoms with Crippen LogP contribution in [0.15, 0.2) is 110 Å². The summed E-state index contributed by atoms with van der Waals surface area (Å²) < 4.78 is 0. The van der Waals surface area contributed by atoms with Gasteiger partial charge < -0.3 is 0 Å². The van der Waals surface area contributed by atoms with E-state index in [2.05, 4.69) is 123 Å². The molecular weight excluding hydrogens is 609 g/mol. The lowest BCUT2D eigenvalue weighted by atomic mass is 9.43. The zero-order chi connectivity index (χ0) is 33.8. The maximum Gasteiger partial charge on any atom is 0.0889 e. The van der Waals surface area contributed by atoms with E-state index in [1.54, 1.807) is 0 Å². The van der Waals surface area contributed by atoms with E-state index in [-0.39, 0.29) is 10.8 Å². The highest BCUT2D eigenvalue weighted by Crippen LogP contribution is 2.68. The third kappa shape index (κ3) is 4.36. The van der Waals surface area contributed by atoms with Gasteiger partial charge in [-0.2, -0.15) is 0 Å². The molecule has 0 saturated heterocycles. The molecule has 6 atom stereocenters. The molecule has 2 aromatic carbocycles. The van der Waals surface area contributed by atoms with Crippen LogP contribution in [-0.4, -0.2) is 19.9 Å². The maximum atomic E-state index is 4.97. The Morgan fingerprint density at radius 1 is 0.520 bits per heavy atom. The van der Waals surface area contributed by atoms with Crippen LogP contribution in [0.5, 0.6) is 0 Å². The van der Waals surface area contributed by atoms with Crippen molar-refractivity contribution in [2.45, 2.75) is 77.0 Å². The Bertz CT molecular complexity index is 2120. The Balaban J connectivity index is 1.06. The lowest BCUT2D eigenvalue weighted by molar-refractivity contribution is -0.00596. The van der Waals surface area contributed by atoms with Crippen molar-refractivity contribution in [1.29, 1.82) is 0 Å². The van der Waals surface area contributed by atoms with Gasteiger partial charge in [0, 0.05) is 24.8 Å². The van der Waals surface area contributed by atoms with Crippen molar-refractivity contribution < 1.29 is 0 Å². The van der Waals surface area contributed by atoms with Gasteiger partial charge >= 0.3 is 0 Å². The van der Waals surface area contributed by atoms with E-state index in [0.717, 1.165) is 35.6 Å². The highest BCUT2D eigenvalue weighted by atomic mass is 14.8. The molecule has 4 bridgehead atoms. The van der Waals surface area contributed by atoms with Crippen molar-refractivity contribution in [2.24, 2.45) is 22.7 Å². The standard InChI is InChI=1S/C46H44N4/c1-45(2)36-23-38(45)34-25-49-42(40-15-5-7-17-47-40)21-30(34)32(36)19-28-13-9-11-27-12-10-14-29(44(27)28)20-33-31-22-43(41-16-6-8-18-48-41)50-26-35(31)39-24-37(33)46(39,3)4/h5-18,21-22,25-26,32-33,36-39H,19-20,23-24H2,1-4H3/t32-,33-,36-,37-,38+,39+/m1/s1. The van der Waals surface area contributed by atoms with Crippen LogP contribution >= 0.6 is 0 Å². The van der Waals surface area contributed by atoms with Crippen LogP contribution in [0.2, 0.25) is 0 Å². The number of hydrogen-bond donors (Lipinski definition) is 0. The molecule has 0 aliphatic heterocycles. The van der Waals surface area contributed by atoms with Crippen LogP contribution < -0.4 is 0 Å². The predicted molar refractivity (Wildman–Crippen MR) is 201 cm³/mol. The van der Waals surface area contributed by atoms with Crippen LogP contribution in [0.4, 0.5) is 0 Å². The van der Waals surface area contributed by atoms with Crippen molar-refractivity contribution in [3.8, 4) is 22.8 Å². The zero-order valence-electron chi connectivity index (χ0n) is 29.5. The molecule has 6 aromatic rings. The van der Waals surface area contributed by atoms with Crippen molar-refractivity contribution >= 4 is 10.8 Å². The molecule has 4 aromatic heterocycles. The highest BCUT2D eigenvalue weighted by molar-refractivity contribution is 5.89. The summed E-state index contributed by atoms with van der Waals surface area (Å²) in [5, 5.41) is 2.82. The van der Waals surface area contributed by atoms with Gasteiger partial charge in [-0.3, -0.25) is 19.9 Å². The summed E-state index contributed by atoms with van der Waals surface area (Å²) in [6.07, 6.45) is 12.7. The van der Waals surface area contributed by atoms with E-state index in [0.29, 0.717) is 35.5 Å². The normalized spacial score (nSPS) is 26.3. The molecule has 6 aliphatic carbocycles. The highest BCUT2D eigenvalue weighted by Gasteiger charge is 2.58. The fourth-order valence-electron chi connectivity index (χ4n) is 11.1. The summed E-state index contributed by atoms with van der Waals surface area (Å²) in [7, 11) is 0. The van der Waals surface area contributed by atoms with Crippen molar-refractivity contribution in [1.82, 2.24) is 19.9 Å². The molecule has 2 saturated carbocycles. The monoisotopic (exact) mass is 652 g/mol. The van der Waals surface area contributed by atoms with Gasteiger partial charge in [-0.25, -0.2) is 0 Å². The summed E-state index contributed by atoms with van der Waals surface area (Å²) in [5.41, 5.74) is 13.3. The Labute approximate surface area is 295 Å². The smallest absolute Gasteiger partial charge is 0.0889 e. The Kier molecular flexibility index (Phi) is 6.57. The van der Waals surface area contributed by atoms with Crippen LogP contribution in [0, 0.1) is 22.7 Å². The molecule has 0 unspecified atom stereocenters. The van der Waals surface area contributed by atoms with Gasteiger partial charge in [-0.15, -0.1) is 0 Å². The van der Waals surface area contributed by atoms with Crippen LogP contribution in [0.3, 0.4) is 0 Å². The third-order valence-corrected chi connectivity index (χ3v) is 14.0. The number of fused-ring (bicyclic) bond motifs is 1. The van der Waals surface area contributed by atoms with Gasteiger partial charge in [0.05, 0.1) is 22.8 Å². The minimum atomic E-state index is 0.275. The topological polar surface area (TPSA) is 51.6 Å². The van der Waals surface area contributed by atoms with E-state index >= 15 is 0 Å². The number of hydrogen-bond acceptors (Lipinski definition) is 4. The third-order valence-electron chi connectivity index (χ3n) is 14.0. The molecule has 4 nitrogen and oxygen atoms in total. The van der Waals surface area contributed by atoms with Gasteiger partial charge in [0.25, 0.3) is 0 Å². The first kappa shape index (κ1) is 30.2. The van der Waals surface area contributed by atoms with Gasteiger partial charge in [-0.05, 0) is 153 Å². The Morgan fingerprint density at radius 3 is 1.42 bits per heavy atom. The van der Waals surface area contributed by atoms with Gasteiger partial charge in [0.2, 0.25) is 0 Å². The predicted octanol–water partition coefficient (Wildman–Crippen LogP) is 10.7. The summed E-state index contributed by atoms with van der Waals surface area (Å²) >= 11 is 0. The van der Waals surface area contributed by atoms with E-state index in [9.17, 15) is 0 Å². The lowest BCUT2D eigenvalue weighted by Gasteiger charge is -2.60. The summed E-state index contributed by atoms with van der Waals surface area (Å²) in [6.45, 7) is 9.97. The van der Waals surface area contributed by atoms with Crippen molar-refractivity contribution in [3.05, 3.63) is 143 Å². The van der Waals surface area contributed by atoms with Crippen LogP contribution in [-0.2, 0) is 12.8 Å². The molecule has 248 valence electrons. The Morgan fingerprint density at radius 2 is 1.00 bits per heavy atom. The molecule has 0 spiro atoms. The van der Waals surface area contributed by atoms with Crippen LogP contribution in [0.1, 0.15) is 97.6 Å². The van der Waals surface area contributed by atoms with E-state index in [4.69, 9.17) is 9.97 Å². The zero-order valence-corrected chi connectivity index (χ0v) is 29.5. The van der Waals surface area contributed by atoms with E-state index in [1.165, 1.54) is 57.0 Å². The first-order valence-corrected chi connectivity index (χ1v) is 18.6. The molecule has 0 N–H and O–H groups in total. The average Bonchev–Trinajstić information content (AvgIpc) is 3.15. The lowest BCUT2D eigenvalue weighted by Crippen LogP contribution is -2.51. The van der Waals surface area contributed by atoms with Crippen molar-refractivity contribution in [3.63, 3.8) is 0 Å². The van der Waals surface area contributed by atoms with Crippen LogP contribution in [0.25, 0.3) is 33.5 Å². The molecule has 12 rings (SSSR count). The first-order valence-electron chi connectivity index (χ1n) is 18.6. The molecular formula is C46H44N4. The molecule has 2 fully saturated rings. The molecule has 0 radical (unpaired) electrons. The summed E-state index contributed by atoms with van der Waals surface area (Å²) in [5.74, 6) is 3.36. The molecule has 0 amide bonds. The maximum absolute atomic E-state index is 4.97. The number of nitrogens with zero attached hydrogens (tertiary/aromatic N) is 4. The van der Waals surface area contributed by atoms with Gasteiger partial charge in [0.1, 0.15) is 0 Å². The largest absolute Gasteiger partial charge is 0.255 e. The molecule has 4 heteroatoms. The van der Waals surface area contributed by atoms with E-state index in [1.807, 2.05) is 24.5 Å². The number of aromatic nitrogens is 4. The fraction of sp³-hybridized carbons (Fsp3) is 0.348. The van der Waals surface area contributed by atoms with Gasteiger partial charge in [0.15, 0.2) is 0 Å². The minimum absolute atomic E-state index is 0.275. The SMILES string of the molecule is CC1(C)[C@@H]2C[C@H]1c1cnc(-c3ccccn3)cc1[C@H]2Cc1cccc2cccc(C[C@@H]3c4cc(-c5ccccn5)ncc4[C@@H]4C[C@H]3C4(C)C)c12. The fourth-order valence-corrected chi connectivity index (χ4v) is 11.1. The number of benzene rings is 2. The summed E-state index contributed by atoms with van der Waals surface area (Å²) in [4.78, 5) is 19.3. The van der Waals surface area contributed by atoms with Gasteiger partial charge in [-0.1, -0.05) is 76.2 Å². The second-order valence-electron chi connectivity index (χ2n) is 16.8. The quantitative estimate of drug-likeness (QED) is 0.180. The molecule has 50 heavy (non-hydrogen) atoms. The Hall–Kier alpha value is -4.70. The molecule has 6 aliphatic rings. The van der Waals surface area contributed by atoms with Crippen molar-refractivity contribution in [2.75, 3.05) is 0 Å². The average molecular weight is 653 g/mol. The second-order valence-corrected chi connectivity index (χ2v) is 16.8. The molecule has 4 heterocycles. The summed E-state index contributed by atoms with van der Waals surface area (Å²) in [6, 6.07) is 31.1. The number of rotatable bonds is 6. The second kappa shape index (κ2) is 10.9. The van der Waals surface area contributed by atoms with E-state index < -0.39 is 0 Å². The minimum Gasteiger partial charge on any atom is -0.255 e. The number of pyridine rings is 4.